The molecule has 0 saturated heterocycles. The SMILES string of the molecule is CCCCCCCCCCCCCCCCCCCCCCC#CCCc1ccccc1N=C(CCCC)C(CCCCC)=Nc1ccccc1CCC#CCCCCCCCCCCCCCCCCCCCCCC.[Ni]. The van der Waals surface area contributed by atoms with Crippen molar-refractivity contribution in [3.05, 3.63) is 59.7 Å². The largest absolute Gasteiger partial charge is 0.251 e. The van der Waals surface area contributed by atoms with Gasteiger partial charge in [-0.25, -0.2) is 0 Å². The van der Waals surface area contributed by atoms with Crippen LogP contribution in [0.2, 0.25) is 0 Å². The summed E-state index contributed by atoms with van der Waals surface area (Å²) in [7, 11) is 0. The van der Waals surface area contributed by atoms with Crippen molar-refractivity contribution in [2.75, 3.05) is 0 Å². The van der Waals surface area contributed by atoms with E-state index < -0.39 is 0 Å². The Morgan fingerprint density at radius 2 is 0.500 bits per heavy atom. The second-order valence-corrected chi connectivity index (χ2v) is 23.6. The summed E-state index contributed by atoms with van der Waals surface area (Å²) in [5, 5.41) is 0. The predicted molar refractivity (Wildman–Crippen MR) is 348 cm³/mol. The summed E-state index contributed by atoms with van der Waals surface area (Å²) in [5.41, 5.74) is 7.15. The minimum absolute atomic E-state index is 0. The van der Waals surface area contributed by atoms with E-state index in [1.807, 2.05) is 0 Å². The molecule has 0 amide bonds. The number of aryl methyl sites for hydroxylation is 2. The molecule has 0 fully saturated rings. The summed E-state index contributed by atoms with van der Waals surface area (Å²) < 4.78 is 0. The molecule has 0 bridgehead atoms. The second kappa shape index (κ2) is 59.0. The van der Waals surface area contributed by atoms with E-state index in [1.165, 1.54) is 292 Å². The van der Waals surface area contributed by atoms with E-state index in [1.54, 1.807) is 0 Å². The zero-order valence-electron chi connectivity index (χ0n) is 52.3. The van der Waals surface area contributed by atoms with E-state index in [-0.39, 0.29) is 16.5 Å². The Labute approximate surface area is 497 Å². The van der Waals surface area contributed by atoms with E-state index in [9.17, 15) is 0 Å². The molecular weight excluding hydrogens is 988 g/mol. The summed E-state index contributed by atoms with van der Waals surface area (Å²) in [6.45, 7) is 9.20. The van der Waals surface area contributed by atoms with Crippen LogP contribution >= 0.6 is 0 Å². The molecule has 78 heavy (non-hydrogen) atoms. The van der Waals surface area contributed by atoms with Crippen LogP contribution in [0, 0.1) is 23.7 Å². The van der Waals surface area contributed by atoms with Gasteiger partial charge in [0.15, 0.2) is 0 Å². The molecule has 0 aliphatic rings. The number of rotatable bonds is 54. The molecule has 0 N–H and O–H groups in total. The second-order valence-electron chi connectivity index (χ2n) is 23.6. The first-order valence-electron chi connectivity index (χ1n) is 34.5. The van der Waals surface area contributed by atoms with Crippen molar-refractivity contribution in [1.82, 2.24) is 0 Å². The molecule has 0 unspecified atom stereocenters. The number of aliphatic imine (C=N–C) groups is 2. The summed E-state index contributed by atoms with van der Waals surface area (Å²) in [4.78, 5) is 11.0. The van der Waals surface area contributed by atoms with Crippen molar-refractivity contribution in [3.63, 3.8) is 0 Å². The summed E-state index contributed by atoms with van der Waals surface area (Å²) in [6, 6.07) is 17.6. The van der Waals surface area contributed by atoms with Crippen LogP contribution in [0.1, 0.15) is 366 Å². The van der Waals surface area contributed by atoms with Gasteiger partial charge in [-0.2, -0.15) is 0 Å². The van der Waals surface area contributed by atoms with Crippen molar-refractivity contribution < 1.29 is 16.5 Å². The smallest absolute Gasteiger partial charge is 0.0666 e. The number of benzene rings is 2. The maximum atomic E-state index is 5.50. The molecule has 2 rings (SSSR count). The molecule has 3 heteroatoms. The molecule has 2 aromatic carbocycles. The van der Waals surface area contributed by atoms with E-state index >= 15 is 0 Å². The summed E-state index contributed by atoms with van der Waals surface area (Å²) in [6.07, 6.45) is 70.4. The Balaban J connectivity index is 0.0000304. The zero-order chi connectivity index (χ0) is 54.8. The fourth-order valence-electron chi connectivity index (χ4n) is 11.1. The Bertz CT molecular complexity index is 1780. The Hall–Kier alpha value is -2.61. The molecule has 0 radical (unpaired) electrons. The Morgan fingerprint density at radius 3 is 0.795 bits per heavy atom. The average molecular weight is 1110 g/mol. The van der Waals surface area contributed by atoms with Gasteiger partial charge in [-0.1, -0.05) is 327 Å². The molecular formula is C75H126N2Ni. The normalized spacial score (nSPS) is 11.6. The number of para-hydroxylation sites is 2. The van der Waals surface area contributed by atoms with Gasteiger partial charge in [-0.15, -0.1) is 23.7 Å². The first kappa shape index (κ1) is 73.4. The van der Waals surface area contributed by atoms with Crippen LogP contribution in [0.15, 0.2) is 58.5 Å². The summed E-state index contributed by atoms with van der Waals surface area (Å²) >= 11 is 0. The third-order valence-electron chi connectivity index (χ3n) is 16.2. The number of hydrogen-bond donors (Lipinski definition) is 0. The van der Waals surface area contributed by atoms with Crippen LogP contribution < -0.4 is 0 Å². The van der Waals surface area contributed by atoms with Gasteiger partial charge in [0.2, 0.25) is 0 Å². The topological polar surface area (TPSA) is 24.7 Å². The van der Waals surface area contributed by atoms with Crippen LogP contribution in [-0.4, -0.2) is 11.4 Å². The van der Waals surface area contributed by atoms with Gasteiger partial charge in [-0.05, 0) is 74.6 Å². The van der Waals surface area contributed by atoms with Crippen LogP contribution in [0.25, 0.3) is 0 Å². The third kappa shape index (κ3) is 45.1. The molecule has 2 aromatic rings. The van der Waals surface area contributed by atoms with Crippen molar-refractivity contribution >= 4 is 22.8 Å². The fraction of sp³-hybridized carbons (Fsp3) is 0.760. The first-order chi connectivity index (χ1) is 38.2. The standard InChI is InChI=1S/C75H126N2.Ni/c1-5-9-13-15-17-19-21-23-25-27-29-31-33-35-37-39-41-43-45-47-49-51-53-56-62-70-64-58-60-67-72(70)76-74(66-12-8-4)75(69-55-11-7-3)77-73-68-61-59-65-71(73)63-57-54-52-50-48-46-44-42-40-38-36-34-32-30-28-26-24-22-20-18-16-14-10-6-2;/h58-61,64-65,67-68H,5-50,55-57,62-63,66,69H2,1-4H3;. The van der Waals surface area contributed by atoms with Crippen LogP contribution in [0.3, 0.4) is 0 Å². The van der Waals surface area contributed by atoms with Gasteiger partial charge < -0.3 is 0 Å². The van der Waals surface area contributed by atoms with Gasteiger partial charge in [0, 0.05) is 42.2 Å². The molecule has 0 heterocycles. The van der Waals surface area contributed by atoms with Crippen molar-refractivity contribution in [1.29, 1.82) is 0 Å². The maximum Gasteiger partial charge on any atom is 0.0666 e. The third-order valence-corrected chi connectivity index (χ3v) is 16.2. The van der Waals surface area contributed by atoms with Crippen molar-refractivity contribution in [2.24, 2.45) is 9.98 Å². The quantitative estimate of drug-likeness (QED) is 0.0273. The zero-order valence-corrected chi connectivity index (χ0v) is 53.3. The van der Waals surface area contributed by atoms with Gasteiger partial charge in [0.25, 0.3) is 0 Å². The van der Waals surface area contributed by atoms with E-state index in [4.69, 9.17) is 9.98 Å². The predicted octanol–water partition coefficient (Wildman–Crippen LogP) is 25.6. The number of unbranched alkanes of at least 4 members (excludes halogenated alkanes) is 43. The van der Waals surface area contributed by atoms with Gasteiger partial charge >= 0.3 is 0 Å². The van der Waals surface area contributed by atoms with Crippen LogP contribution in [0.5, 0.6) is 0 Å². The van der Waals surface area contributed by atoms with E-state index in [0.29, 0.717) is 0 Å². The van der Waals surface area contributed by atoms with Gasteiger partial charge in [0.1, 0.15) is 0 Å². The maximum absolute atomic E-state index is 5.50. The van der Waals surface area contributed by atoms with Crippen LogP contribution in [-0.2, 0) is 29.3 Å². The molecule has 0 saturated carbocycles. The summed E-state index contributed by atoms with van der Waals surface area (Å²) in [5.74, 6) is 14.1. The molecule has 0 atom stereocenters. The van der Waals surface area contributed by atoms with E-state index in [2.05, 4.69) is 99.9 Å². The molecule has 0 aliphatic heterocycles. The Morgan fingerprint density at radius 1 is 0.269 bits per heavy atom. The molecule has 446 valence electrons. The van der Waals surface area contributed by atoms with Crippen molar-refractivity contribution in [2.45, 2.75) is 368 Å². The molecule has 0 spiro atoms. The number of hydrogen-bond acceptors (Lipinski definition) is 2. The van der Waals surface area contributed by atoms with Gasteiger partial charge in [0.05, 0.1) is 22.8 Å². The molecule has 0 aromatic heterocycles. The van der Waals surface area contributed by atoms with Crippen molar-refractivity contribution in [3.8, 4) is 23.7 Å². The number of nitrogens with zero attached hydrogens (tertiary/aromatic N) is 2. The van der Waals surface area contributed by atoms with Crippen LogP contribution in [0.4, 0.5) is 11.4 Å². The van der Waals surface area contributed by atoms with E-state index in [0.717, 1.165) is 82.0 Å². The first-order valence-corrected chi connectivity index (χ1v) is 34.5. The molecule has 0 aliphatic carbocycles. The van der Waals surface area contributed by atoms with Gasteiger partial charge in [-0.3, -0.25) is 9.98 Å². The Kier molecular flexibility index (Phi) is 55.6. The molecule has 2 nitrogen and oxygen atoms in total. The average Bonchev–Trinajstić information content (AvgIpc) is 3.45. The minimum atomic E-state index is 0. The fourth-order valence-corrected chi connectivity index (χ4v) is 11.1. The monoisotopic (exact) mass is 1110 g/mol. The minimum Gasteiger partial charge on any atom is -0.251 e.